The molecule has 1 fully saturated rings. The van der Waals surface area contributed by atoms with Crippen molar-refractivity contribution < 1.29 is 4.79 Å². The molecule has 0 unspecified atom stereocenters. The SMILES string of the molecule is Cn1cccc1C(=O)[C@@H](SN1CCCC1)c1ccccc1. The minimum absolute atomic E-state index is 0.155. The highest BCUT2D eigenvalue weighted by molar-refractivity contribution is 7.98. The largest absolute Gasteiger partial charge is 0.348 e. The molecule has 3 rings (SSSR count). The van der Waals surface area contributed by atoms with Gasteiger partial charge in [-0.2, -0.15) is 0 Å². The number of hydrogen-bond donors (Lipinski definition) is 0. The van der Waals surface area contributed by atoms with Gasteiger partial charge in [-0.15, -0.1) is 0 Å². The Balaban J connectivity index is 1.88. The molecule has 0 saturated carbocycles. The lowest BCUT2D eigenvalue weighted by Crippen LogP contribution is -2.19. The van der Waals surface area contributed by atoms with Crippen LogP contribution < -0.4 is 0 Å². The van der Waals surface area contributed by atoms with E-state index in [1.165, 1.54) is 12.8 Å². The van der Waals surface area contributed by atoms with E-state index in [1.54, 1.807) is 11.9 Å². The highest BCUT2D eigenvalue weighted by Crippen LogP contribution is 2.36. The van der Waals surface area contributed by atoms with E-state index in [0.717, 1.165) is 24.3 Å². The number of aryl methyl sites for hydroxylation is 1. The van der Waals surface area contributed by atoms with Gasteiger partial charge in [-0.05, 0) is 30.5 Å². The summed E-state index contributed by atoms with van der Waals surface area (Å²) in [4.78, 5) is 12.9. The molecule has 2 heterocycles. The summed E-state index contributed by atoms with van der Waals surface area (Å²) in [5.74, 6) is 0.186. The zero-order chi connectivity index (χ0) is 14.7. The zero-order valence-electron chi connectivity index (χ0n) is 12.2. The lowest BCUT2D eigenvalue weighted by Gasteiger charge is -2.22. The second-order valence-electron chi connectivity index (χ2n) is 5.40. The number of carbonyl (C=O) groups excluding carboxylic acids is 1. The second kappa shape index (κ2) is 6.50. The van der Waals surface area contributed by atoms with Crippen LogP contribution in [0.3, 0.4) is 0 Å². The molecule has 0 amide bonds. The zero-order valence-corrected chi connectivity index (χ0v) is 13.1. The van der Waals surface area contributed by atoms with E-state index in [1.807, 2.05) is 48.1 Å². The van der Waals surface area contributed by atoms with Gasteiger partial charge in [0.25, 0.3) is 0 Å². The minimum atomic E-state index is -0.155. The average molecular weight is 300 g/mol. The van der Waals surface area contributed by atoms with Crippen LogP contribution in [0.2, 0.25) is 0 Å². The minimum Gasteiger partial charge on any atom is -0.348 e. The van der Waals surface area contributed by atoms with E-state index in [-0.39, 0.29) is 11.0 Å². The van der Waals surface area contributed by atoms with Crippen LogP contribution in [-0.2, 0) is 7.05 Å². The van der Waals surface area contributed by atoms with Gasteiger partial charge < -0.3 is 4.57 Å². The molecule has 1 aromatic heterocycles. The Morgan fingerprint density at radius 2 is 1.81 bits per heavy atom. The fourth-order valence-corrected chi connectivity index (χ4v) is 3.94. The van der Waals surface area contributed by atoms with Crippen molar-refractivity contribution in [3.05, 3.63) is 59.9 Å². The van der Waals surface area contributed by atoms with Gasteiger partial charge in [-0.1, -0.05) is 42.3 Å². The predicted octanol–water partition coefficient (Wildman–Crippen LogP) is 3.69. The van der Waals surface area contributed by atoms with E-state index in [0.29, 0.717) is 0 Å². The number of hydrogen-bond acceptors (Lipinski definition) is 3. The van der Waals surface area contributed by atoms with Crippen LogP contribution in [0.4, 0.5) is 0 Å². The maximum atomic E-state index is 12.9. The summed E-state index contributed by atoms with van der Waals surface area (Å²) in [6, 6.07) is 13.9. The van der Waals surface area contributed by atoms with Crippen LogP contribution in [0.5, 0.6) is 0 Å². The summed E-state index contributed by atoms with van der Waals surface area (Å²) >= 11 is 1.69. The van der Waals surface area contributed by atoms with Crippen molar-refractivity contribution in [2.75, 3.05) is 13.1 Å². The van der Waals surface area contributed by atoms with Gasteiger partial charge in [0, 0.05) is 26.3 Å². The standard InChI is InChI=1S/C17H20N2OS/c1-18-11-7-10-15(18)16(20)17(14-8-3-2-4-9-14)21-19-12-5-6-13-19/h2-4,7-11,17H,5-6,12-13H2,1H3/t17-/m0/s1. The first-order valence-electron chi connectivity index (χ1n) is 7.38. The lowest BCUT2D eigenvalue weighted by molar-refractivity contribution is 0.0980. The van der Waals surface area contributed by atoms with Gasteiger partial charge in [0.2, 0.25) is 0 Å². The summed E-state index contributed by atoms with van der Waals surface area (Å²) in [5.41, 5.74) is 1.86. The third-order valence-electron chi connectivity index (χ3n) is 3.86. The van der Waals surface area contributed by atoms with Crippen LogP contribution >= 0.6 is 11.9 Å². The van der Waals surface area contributed by atoms with Gasteiger partial charge >= 0.3 is 0 Å². The predicted molar refractivity (Wildman–Crippen MR) is 87.3 cm³/mol. The number of carbonyl (C=O) groups is 1. The molecule has 2 aromatic rings. The summed E-state index contributed by atoms with van der Waals surface area (Å²) in [5, 5.41) is -0.155. The first-order valence-corrected chi connectivity index (χ1v) is 8.21. The quantitative estimate of drug-likeness (QED) is 0.622. The summed E-state index contributed by atoms with van der Waals surface area (Å²) in [7, 11) is 1.93. The van der Waals surface area contributed by atoms with E-state index >= 15 is 0 Å². The molecule has 21 heavy (non-hydrogen) atoms. The molecule has 110 valence electrons. The molecule has 1 aromatic carbocycles. The number of Topliss-reactive ketones (excluding diaryl/α,β-unsaturated/α-hetero) is 1. The Kier molecular flexibility index (Phi) is 4.46. The van der Waals surface area contributed by atoms with Gasteiger partial charge in [-0.3, -0.25) is 4.79 Å². The number of ketones is 1. The number of nitrogens with zero attached hydrogens (tertiary/aromatic N) is 2. The molecule has 1 aliphatic rings. The molecule has 1 aliphatic heterocycles. The van der Waals surface area contributed by atoms with Crippen molar-refractivity contribution in [3.63, 3.8) is 0 Å². The van der Waals surface area contributed by atoms with Gasteiger partial charge in [0.05, 0.1) is 5.69 Å². The van der Waals surface area contributed by atoms with Crippen molar-refractivity contribution in [3.8, 4) is 0 Å². The molecule has 0 radical (unpaired) electrons. The Hall–Kier alpha value is -1.52. The normalized spacial score (nSPS) is 17.0. The molecule has 0 spiro atoms. The van der Waals surface area contributed by atoms with E-state index < -0.39 is 0 Å². The summed E-state index contributed by atoms with van der Waals surface area (Å²) in [6.07, 6.45) is 4.38. The van der Waals surface area contributed by atoms with Crippen molar-refractivity contribution in [1.29, 1.82) is 0 Å². The average Bonchev–Trinajstić information content (AvgIpc) is 3.16. The molecule has 0 aliphatic carbocycles. The van der Waals surface area contributed by atoms with Gasteiger partial charge in [0.1, 0.15) is 5.25 Å². The van der Waals surface area contributed by atoms with Crippen LogP contribution in [-0.4, -0.2) is 27.7 Å². The number of aromatic nitrogens is 1. The smallest absolute Gasteiger partial charge is 0.197 e. The molecule has 0 N–H and O–H groups in total. The third kappa shape index (κ3) is 3.22. The number of benzene rings is 1. The first-order chi connectivity index (χ1) is 10.3. The van der Waals surface area contributed by atoms with E-state index in [4.69, 9.17) is 0 Å². The number of rotatable bonds is 5. The van der Waals surface area contributed by atoms with Gasteiger partial charge in [0.15, 0.2) is 5.78 Å². The second-order valence-corrected chi connectivity index (χ2v) is 6.60. The molecular formula is C17H20N2OS. The highest BCUT2D eigenvalue weighted by Gasteiger charge is 2.28. The summed E-state index contributed by atoms with van der Waals surface area (Å²) in [6.45, 7) is 2.16. The highest BCUT2D eigenvalue weighted by atomic mass is 32.2. The van der Waals surface area contributed by atoms with Crippen LogP contribution in [0.15, 0.2) is 48.7 Å². The Morgan fingerprint density at radius 3 is 2.43 bits per heavy atom. The third-order valence-corrected chi connectivity index (χ3v) is 5.22. The van der Waals surface area contributed by atoms with Crippen LogP contribution in [0, 0.1) is 0 Å². The fourth-order valence-electron chi connectivity index (χ4n) is 2.68. The topological polar surface area (TPSA) is 25.2 Å². The van der Waals surface area contributed by atoms with E-state index in [2.05, 4.69) is 16.4 Å². The van der Waals surface area contributed by atoms with Crippen molar-refractivity contribution in [1.82, 2.24) is 8.87 Å². The molecule has 3 nitrogen and oxygen atoms in total. The first kappa shape index (κ1) is 14.4. The molecule has 1 saturated heterocycles. The van der Waals surface area contributed by atoms with Crippen LogP contribution in [0.1, 0.15) is 34.1 Å². The maximum absolute atomic E-state index is 12.9. The monoisotopic (exact) mass is 300 g/mol. The molecule has 4 heteroatoms. The van der Waals surface area contributed by atoms with Crippen LogP contribution in [0.25, 0.3) is 0 Å². The molecular weight excluding hydrogens is 280 g/mol. The molecule has 1 atom stereocenters. The summed E-state index contributed by atoms with van der Waals surface area (Å²) < 4.78 is 4.24. The fraction of sp³-hybridized carbons (Fsp3) is 0.353. The van der Waals surface area contributed by atoms with Gasteiger partial charge in [-0.25, -0.2) is 4.31 Å². The maximum Gasteiger partial charge on any atom is 0.197 e. The Morgan fingerprint density at radius 1 is 1.10 bits per heavy atom. The van der Waals surface area contributed by atoms with E-state index in [9.17, 15) is 4.79 Å². The van der Waals surface area contributed by atoms with Crippen molar-refractivity contribution in [2.45, 2.75) is 18.1 Å². The molecule has 0 bridgehead atoms. The lowest BCUT2D eigenvalue weighted by atomic mass is 10.1. The van der Waals surface area contributed by atoms with Crippen molar-refractivity contribution >= 4 is 17.7 Å². The Bertz CT molecular complexity index is 602. The van der Waals surface area contributed by atoms with Crippen molar-refractivity contribution in [2.24, 2.45) is 7.05 Å². The Labute approximate surface area is 130 Å².